The topological polar surface area (TPSA) is 0 Å². The van der Waals surface area contributed by atoms with Gasteiger partial charge in [0.1, 0.15) is 0 Å². The molecule has 67 valence electrons. The molecule has 0 unspecified atom stereocenters. The molecule has 0 atom stereocenters. The zero-order valence-electron chi connectivity index (χ0n) is 7.57. The van der Waals surface area contributed by atoms with Crippen molar-refractivity contribution in [1.29, 1.82) is 0 Å². The SMILES string of the molecule is C[C]1C=CC(C(C)C)=C1.[Cl][Ti][Cl]. The first-order valence-electron chi connectivity index (χ1n) is 3.81. The van der Waals surface area contributed by atoms with E-state index in [0.717, 1.165) is 0 Å². The summed E-state index contributed by atoms with van der Waals surface area (Å²) in [5.74, 6) is 2.05. The van der Waals surface area contributed by atoms with Crippen LogP contribution in [0, 0.1) is 11.8 Å². The number of hydrogen-bond acceptors (Lipinski definition) is 0. The Morgan fingerprint density at radius 3 is 1.92 bits per heavy atom. The molecule has 0 nitrogen and oxygen atoms in total. The Morgan fingerprint density at radius 2 is 1.75 bits per heavy atom. The number of hydrogen-bond donors (Lipinski definition) is 0. The van der Waals surface area contributed by atoms with E-state index in [1.807, 2.05) is 0 Å². The van der Waals surface area contributed by atoms with Gasteiger partial charge in [0.2, 0.25) is 0 Å². The predicted octanol–water partition coefficient (Wildman–Crippen LogP) is 4.11. The van der Waals surface area contributed by atoms with Crippen LogP contribution < -0.4 is 0 Å². The standard InChI is InChI=1S/C9H13.2ClH.Ti/c1-7(2)9-5-4-8(3)6-9;;;/h4-7H,1-3H3;2*1H;/q;;;+2/p-2. The zero-order chi connectivity index (χ0) is 9.56. The first kappa shape index (κ1) is 12.8. The third-order valence-corrected chi connectivity index (χ3v) is 1.60. The summed E-state index contributed by atoms with van der Waals surface area (Å²) in [6.07, 6.45) is 6.60. The van der Waals surface area contributed by atoms with Gasteiger partial charge in [0.15, 0.2) is 0 Å². The molecule has 1 rings (SSSR count). The maximum atomic E-state index is 4.89. The molecule has 0 saturated carbocycles. The molecule has 0 heterocycles. The summed E-state index contributed by atoms with van der Waals surface area (Å²) in [4.78, 5) is 0. The molecular weight excluding hydrogens is 227 g/mol. The fraction of sp³-hybridized carbons (Fsp3) is 0.444. The van der Waals surface area contributed by atoms with Crippen molar-refractivity contribution < 1.29 is 17.0 Å². The average molecular weight is 240 g/mol. The van der Waals surface area contributed by atoms with Crippen molar-refractivity contribution in [2.75, 3.05) is 0 Å². The van der Waals surface area contributed by atoms with Crippen LogP contribution in [0.4, 0.5) is 0 Å². The second-order valence-corrected chi connectivity index (χ2v) is 5.53. The summed E-state index contributed by atoms with van der Waals surface area (Å²) in [5.41, 5.74) is 1.45. The van der Waals surface area contributed by atoms with Crippen molar-refractivity contribution in [2.45, 2.75) is 20.8 Å². The average Bonchev–Trinajstić information content (AvgIpc) is 2.37. The second kappa shape index (κ2) is 7.20. The van der Waals surface area contributed by atoms with Crippen LogP contribution in [-0.4, -0.2) is 0 Å². The van der Waals surface area contributed by atoms with Crippen LogP contribution in [0.25, 0.3) is 0 Å². The van der Waals surface area contributed by atoms with Crippen LogP contribution in [0.5, 0.6) is 0 Å². The van der Waals surface area contributed by atoms with Crippen LogP contribution >= 0.6 is 18.6 Å². The van der Waals surface area contributed by atoms with Crippen LogP contribution in [0.15, 0.2) is 23.8 Å². The van der Waals surface area contributed by atoms with Gasteiger partial charge in [-0.1, -0.05) is 39.0 Å². The third kappa shape index (κ3) is 5.43. The first-order chi connectivity index (χ1) is 5.61. The maximum absolute atomic E-state index is 4.89. The fourth-order valence-corrected chi connectivity index (χ4v) is 0.946. The van der Waals surface area contributed by atoms with E-state index in [1.165, 1.54) is 11.5 Å². The molecule has 1 radical (unpaired) electrons. The van der Waals surface area contributed by atoms with Crippen molar-refractivity contribution >= 4 is 18.6 Å². The molecule has 0 aromatic heterocycles. The van der Waals surface area contributed by atoms with Gasteiger partial charge in [-0.05, 0) is 11.5 Å². The molecule has 0 amide bonds. The van der Waals surface area contributed by atoms with Gasteiger partial charge in [0.25, 0.3) is 0 Å². The minimum atomic E-state index is -0.556. The van der Waals surface area contributed by atoms with E-state index in [9.17, 15) is 0 Å². The molecule has 0 aliphatic heterocycles. The van der Waals surface area contributed by atoms with Gasteiger partial charge in [-0.15, -0.1) is 0 Å². The van der Waals surface area contributed by atoms with Gasteiger partial charge in [-0.2, -0.15) is 0 Å². The molecule has 0 bridgehead atoms. The quantitative estimate of drug-likeness (QED) is 0.605. The summed E-state index contributed by atoms with van der Waals surface area (Å²) in [7, 11) is 9.78. The Balaban J connectivity index is 0.000000354. The summed E-state index contributed by atoms with van der Waals surface area (Å²) >= 11 is -0.556. The molecule has 1 aliphatic carbocycles. The van der Waals surface area contributed by atoms with Gasteiger partial charge in [0.05, 0.1) is 0 Å². The number of halogens is 2. The molecule has 0 aromatic rings. The Morgan fingerprint density at radius 1 is 1.25 bits per heavy atom. The van der Waals surface area contributed by atoms with Crippen molar-refractivity contribution in [3.8, 4) is 0 Å². The summed E-state index contributed by atoms with van der Waals surface area (Å²) in [5, 5.41) is 0. The molecule has 1 aliphatic rings. The van der Waals surface area contributed by atoms with Gasteiger partial charge < -0.3 is 0 Å². The van der Waals surface area contributed by atoms with Crippen LogP contribution in [0.2, 0.25) is 0 Å². The monoisotopic (exact) mass is 239 g/mol. The minimum absolute atomic E-state index is 0.556. The van der Waals surface area contributed by atoms with E-state index in [2.05, 4.69) is 39.0 Å². The fourth-order valence-electron chi connectivity index (χ4n) is 0.946. The first-order valence-corrected chi connectivity index (χ1v) is 8.11. The molecular formula is C9H13Cl2Ti. The van der Waals surface area contributed by atoms with Gasteiger partial charge in [-0.25, -0.2) is 0 Å². The Labute approximate surface area is 91.7 Å². The summed E-state index contributed by atoms with van der Waals surface area (Å²) in [6, 6.07) is 0. The van der Waals surface area contributed by atoms with E-state index >= 15 is 0 Å². The van der Waals surface area contributed by atoms with Crippen LogP contribution in [-0.2, 0) is 17.0 Å². The van der Waals surface area contributed by atoms with E-state index in [-0.39, 0.29) is 0 Å². The molecule has 0 N–H and O–H groups in total. The number of allylic oxidation sites excluding steroid dienone is 4. The van der Waals surface area contributed by atoms with E-state index in [4.69, 9.17) is 18.6 Å². The second-order valence-electron chi connectivity index (χ2n) is 2.95. The van der Waals surface area contributed by atoms with E-state index in [0.29, 0.717) is 5.92 Å². The molecule has 0 spiro atoms. The van der Waals surface area contributed by atoms with E-state index < -0.39 is 17.0 Å². The molecule has 0 fully saturated rings. The molecule has 0 aromatic carbocycles. The van der Waals surface area contributed by atoms with Crippen molar-refractivity contribution in [1.82, 2.24) is 0 Å². The van der Waals surface area contributed by atoms with Crippen molar-refractivity contribution in [2.24, 2.45) is 5.92 Å². The van der Waals surface area contributed by atoms with Crippen molar-refractivity contribution in [3.63, 3.8) is 0 Å². The normalized spacial score (nSPS) is 15.7. The van der Waals surface area contributed by atoms with Crippen LogP contribution in [0.3, 0.4) is 0 Å². The van der Waals surface area contributed by atoms with Crippen molar-refractivity contribution in [3.05, 3.63) is 29.7 Å². The summed E-state index contributed by atoms with van der Waals surface area (Å²) < 4.78 is 0. The van der Waals surface area contributed by atoms with Crippen LogP contribution in [0.1, 0.15) is 20.8 Å². The van der Waals surface area contributed by atoms with E-state index in [1.54, 1.807) is 0 Å². The Hall–Kier alpha value is 0.774. The molecule has 12 heavy (non-hydrogen) atoms. The Bertz CT molecular complexity index is 173. The zero-order valence-corrected chi connectivity index (χ0v) is 10.6. The Kier molecular flexibility index (Phi) is 7.67. The summed E-state index contributed by atoms with van der Waals surface area (Å²) in [6.45, 7) is 6.56. The molecule has 0 saturated heterocycles. The molecule has 3 heteroatoms. The van der Waals surface area contributed by atoms with Gasteiger partial charge in [0, 0.05) is 5.92 Å². The number of rotatable bonds is 1. The van der Waals surface area contributed by atoms with Gasteiger partial charge >= 0.3 is 35.6 Å². The third-order valence-electron chi connectivity index (χ3n) is 1.60. The van der Waals surface area contributed by atoms with Gasteiger partial charge in [-0.3, -0.25) is 0 Å². The predicted molar refractivity (Wildman–Crippen MR) is 52.7 cm³/mol.